The number of ketones is 1. The number of ether oxygens (including phenoxy) is 1. The third-order valence-corrected chi connectivity index (χ3v) is 4.72. The van der Waals surface area contributed by atoms with E-state index in [4.69, 9.17) is 4.74 Å². The molecular formula is C23H17FN2O4. The van der Waals surface area contributed by atoms with Gasteiger partial charge in [0.2, 0.25) is 11.7 Å². The summed E-state index contributed by atoms with van der Waals surface area (Å²) < 4.78 is 20.2. The monoisotopic (exact) mass is 404 g/mol. The van der Waals surface area contributed by atoms with Crippen molar-refractivity contribution in [3.05, 3.63) is 90.0 Å². The quantitative estimate of drug-likeness (QED) is 0.484. The number of nitrogens with zero attached hydrogens (tertiary/aromatic N) is 2. The predicted octanol–water partition coefficient (Wildman–Crippen LogP) is 4.33. The highest BCUT2D eigenvalue weighted by molar-refractivity contribution is 6.15. The number of carbonyl (C=O) groups is 1. The number of rotatable bonds is 5. The van der Waals surface area contributed by atoms with Crippen LogP contribution in [0.3, 0.4) is 0 Å². The highest BCUT2D eigenvalue weighted by atomic mass is 19.1. The zero-order chi connectivity index (χ0) is 21.3. The van der Waals surface area contributed by atoms with Crippen LogP contribution in [0.4, 0.5) is 4.39 Å². The predicted molar refractivity (Wildman–Crippen MR) is 109 cm³/mol. The van der Waals surface area contributed by atoms with Crippen LogP contribution in [0.2, 0.25) is 0 Å². The lowest BCUT2D eigenvalue weighted by molar-refractivity contribution is 0.103. The molecule has 0 atom stereocenters. The molecule has 4 rings (SSSR count). The lowest BCUT2D eigenvalue weighted by Gasteiger charge is -2.14. The third kappa shape index (κ3) is 3.16. The van der Waals surface area contributed by atoms with E-state index in [1.165, 1.54) is 48.3 Å². The average Bonchev–Trinajstić information content (AvgIpc) is 3.05. The van der Waals surface area contributed by atoms with Crippen LogP contribution in [-0.2, 0) is 0 Å². The number of aromatic nitrogens is 2. The van der Waals surface area contributed by atoms with Crippen molar-refractivity contribution >= 4 is 5.78 Å². The van der Waals surface area contributed by atoms with Crippen LogP contribution < -0.4 is 4.74 Å². The van der Waals surface area contributed by atoms with Gasteiger partial charge in [0.05, 0.1) is 18.4 Å². The highest BCUT2D eigenvalue weighted by Crippen LogP contribution is 2.46. The Morgan fingerprint density at radius 2 is 1.77 bits per heavy atom. The molecule has 0 amide bonds. The van der Waals surface area contributed by atoms with Crippen LogP contribution in [0.15, 0.2) is 73.1 Å². The number of pyridine rings is 1. The molecule has 0 aliphatic carbocycles. The first-order chi connectivity index (χ1) is 14.5. The number of para-hydroxylation sites is 1. The average molecular weight is 404 g/mol. The highest BCUT2D eigenvalue weighted by Gasteiger charge is 2.31. The first kappa shape index (κ1) is 19.2. The normalized spacial score (nSPS) is 10.7. The van der Waals surface area contributed by atoms with Gasteiger partial charge in [-0.3, -0.25) is 14.3 Å². The number of benzene rings is 2. The molecular weight excluding hydrogens is 387 g/mol. The van der Waals surface area contributed by atoms with Gasteiger partial charge in [-0.05, 0) is 48.5 Å². The SMILES string of the molecule is COc1ccccc1-c1c(C(=O)c2cccnc2)c(O)c(O)n1-c1ccc(F)cc1. The van der Waals surface area contributed by atoms with Gasteiger partial charge in [-0.2, -0.15) is 0 Å². The zero-order valence-corrected chi connectivity index (χ0v) is 15.9. The molecule has 0 bridgehead atoms. The molecule has 0 fully saturated rings. The fourth-order valence-electron chi connectivity index (χ4n) is 3.34. The molecule has 150 valence electrons. The first-order valence-electron chi connectivity index (χ1n) is 9.03. The van der Waals surface area contributed by atoms with Crippen LogP contribution >= 0.6 is 0 Å². The van der Waals surface area contributed by atoms with E-state index >= 15 is 0 Å². The second kappa shape index (κ2) is 7.71. The smallest absolute Gasteiger partial charge is 0.240 e. The number of hydrogen-bond acceptors (Lipinski definition) is 5. The lowest BCUT2D eigenvalue weighted by atomic mass is 9.99. The van der Waals surface area contributed by atoms with Crippen molar-refractivity contribution in [2.75, 3.05) is 7.11 Å². The largest absolute Gasteiger partial charge is 0.503 e. The number of hydrogen-bond donors (Lipinski definition) is 2. The van der Waals surface area contributed by atoms with Crippen LogP contribution in [-0.4, -0.2) is 32.7 Å². The Kier molecular flexibility index (Phi) is 4.93. The number of methoxy groups -OCH3 is 1. The molecule has 7 heteroatoms. The van der Waals surface area contributed by atoms with Crippen molar-refractivity contribution in [2.24, 2.45) is 0 Å². The molecule has 0 spiro atoms. The van der Waals surface area contributed by atoms with Gasteiger partial charge in [0, 0.05) is 29.2 Å². The maximum atomic E-state index is 13.5. The second-order valence-electron chi connectivity index (χ2n) is 6.48. The molecule has 2 heterocycles. The van der Waals surface area contributed by atoms with Crippen molar-refractivity contribution in [1.29, 1.82) is 0 Å². The lowest BCUT2D eigenvalue weighted by Crippen LogP contribution is -2.06. The minimum absolute atomic E-state index is 0.116. The molecule has 30 heavy (non-hydrogen) atoms. The summed E-state index contributed by atoms with van der Waals surface area (Å²) in [4.78, 5) is 17.2. The summed E-state index contributed by atoms with van der Waals surface area (Å²) in [7, 11) is 1.48. The molecule has 0 saturated carbocycles. The van der Waals surface area contributed by atoms with E-state index in [-0.39, 0.29) is 16.8 Å². The van der Waals surface area contributed by atoms with Crippen molar-refractivity contribution in [1.82, 2.24) is 9.55 Å². The van der Waals surface area contributed by atoms with E-state index in [9.17, 15) is 19.4 Å². The first-order valence-corrected chi connectivity index (χ1v) is 9.03. The molecule has 0 radical (unpaired) electrons. The topological polar surface area (TPSA) is 84.6 Å². The van der Waals surface area contributed by atoms with Gasteiger partial charge in [0.15, 0.2) is 5.75 Å². The Balaban J connectivity index is 2.07. The van der Waals surface area contributed by atoms with Crippen molar-refractivity contribution < 1.29 is 24.1 Å². The van der Waals surface area contributed by atoms with Gasteiger partial charge in [-0.25, -0.2) is 4.39 Å². The molecule has 0 saturated heterocycles. The third-order valence-electron chi connectivity index (χ3n) is 4.72. The molecule has 6 nitrogen and oxygen atoms in total. The molecule has 2 N–H and O–H groups in total. The molecule has 2 aromatic carbocycles. The van der Waals surface area contributed by atoms with Crippen LogP contribution in [0.25, 0.3) is 16.9 Å². The van der Waals surface area contributed by atoms with Gasteiger partial charge in [0.25, 0.3) is 0 Å². The van der Waals surface area contributed by atoms with Crippen molar-refractivity contribution in [2.45, 2.75) is 0 Å². The molecule has 0 aliphatic rings. The van der Waals surface area contributed by atoms with Crippen molar-refractivity contribution in [3.63, 3.8) is 0 Å². The Bertz CT molecular complexity index is 1220. The van der Waals surface area contributed by atoms with Gasteiger partial charge < -0.3 is 14.9 Å². The van der Waals surface area contributed by atoms with E-state index < -0.39 is 23.2 Å². The molecule has 4 aromatic rings. The number of aromatic hydroxyl groups is 2. The summed E-state index contributed by atoms with van der Waals surface area (Å²) in [6, 6.07) is 15.4. The standard InChI is InChI=1S/C23H17FN2O4/c1-30-18-7-3-2-6-17(18)20-19(21(27)14-5-4-12-25-13-14)22(28)23(29)26(20)16-10-8-15(24)9-11-16/h2-13,28-29H,1H3. The summed E-state index contributed by atoms with van der Waals surface area (Å²) in [5, 5.41) is 21.5. The Morgan fingerprint density at radius 1 is 1.03 bits per heavy atom. The van der Waals surface area contributed by atoms with Crippen LogP contribution in [0, 0.1) is 5.82 Å². The van der Waals surface area contributed by atoms with E-state index in [0.29, 0.717) is 17.0 Å². The van der Waals surface area contributed by atoms with E-state index in [2.05, 4.69) is 4.98 Å². The number of halogens is 1. The summed E-state index contributed by atoms with van der Waals surface area (Å²) in [6.07, 6.45) is 2.90. The Morgan fingerprint density at radius 3 is 2.43 bits per heavy atom. The minimum Gasteiger partial charge on any atom is -0.503 e. The van der Waals surface area contributed by atoms with Crippen LogP contribution in [0.1, 0.15) is 15.9 Å². The van der Waals surface area contributed by atoms with Gasteiger partial charge in [0.1, 0.15) is 11.6 Å². The van der Waals surface area contributed by atoms with Gasteiger partial charge in [-0.1, -0.05) is 12.1 Å². The van der Waals surface area contributed by atoms with E-state index in [1.54, 1.807) is 36.4 Å². The van der Waals surface area contributed by atoms with Gasteiger partial charge in [-0.15, -0.1) is 0 Å². The summed E-state index contributed by atoms with van der Waals surface area (Å²) in [5.74, 6) is -1.69. The maximum Gasteiger partial charge on any atom is 0.240 e. The summed E-state index contributed by atoms with van der Waals surface area (Å²) in [5.41, 5.74) is 1.15. The van der Waals surface area contributed by atoms with E-state index in [0.717, 1.165) is 0 Å². The van der Waals surface area contributed by atoms with E-state index in [1.807, 2.05) is 0 Å². The molecule has 0 unspecified atom stereocenters. The minimum atomic E-state index is -0.589. The maximum absolute atomic E-state index is 13.5. The van der Waals surface area contributed by atoms with Gasteiger partial charge >= 0.3 is 0 Å². The molecule has 2 aromatic heterocycles. The summed E-state index contributed by atoms with van der Waals surface area (Å²) >= 11 is 0. The number of carbonyl (C=O) groups excluding carboxylic acids is 1. The Hall–Kier alpha value is -4.13. The molecule has 0 aliphatic heterocycles. The zero-order valence-electron chi connectivity index (χ0n) is 15.9. The summed E-state index contributed by atoms with van der Waals surface area (Å²) in [6.45, 7) is 0. The van der Waals surface area contributed by atoms with Crippen molar-refractivity contribution in [3.8, 4) is 34.3 Å². The fourth-order valence-corrected chi connectivity index (χ4v) is 3.34. The fraction of sp³-hybridized carbons (Fsp3) is 0.0435. The van der Waals surface area contributed by atoms with Crippen LogP contribution in [0.5, 0.6) is 17.4 Å². The second-order valence-corrected chi connectivity index (χ2v) is 6.48. The Labute approximate surface area is 171 Å².